The molecule has 0 saturated heterocycles. The lowest BCUT2D eigenvalue weighted by atomic mass is 10.1. The van der Waals surface area contributed by atoms with Gasteiger partial charge in [0.05, 0.1) is 0 Å². The smallest absolute Gasteiger partial charge is 0.191 e. The van der Waals surface area contributed by atoms with Gasteiger partial charge in [-0.15, -0.1) is 0 Å². The Kier molecular flexibility index (Phi) is 6.88. The molecule has 0 unspecified atom stereocenters. The minimum absolute atomic E-state index is 0.695. The minimum Gasteiger partial charge on any atom is -0.363 e. The quantitative estimate of drug-likeness (QED) is 0.624. The zero-order valence-corrected chi connectivity index (χ0v) is 15.1. The summed E-state index contributed by atoms with van der Waals surface area (Å²) in [7, 11) is 5.73. The van der Waals surface area contributed by atoms with Crippen LogP contribution in [0.2, 0.25) is 5.02 Å². The van der Waals surface area contributed by atoms with Crippen molar-refractivity contribution >= 4 is 23.4 Å². The Hall–Kier alpha value is -2.27. The average Bonchev–Trinajstić information content (AvgIpc) is 2.58. The fourth-order valence-corrected chi connectivity index (χ4v) is 2.45. The van der Waals surface area contributed by atoms with Crippen LogP contribution in [-0.2, 0) is 13.0 Å². The standard InChI is InChI=1S/C18H24ClN5/c1-20-18(22-10-7-14-5-4-6-16(19)11-14)23-13-15-8-9-21-17(12-15)24(2)3/h4-6,8-9,11-12H,7,10,13H2,1-3H3,(H2,20,22,23). The number of nitrogens with zero attached hydrogens (tertiary/aromatic N) is 3. The maximum Gasteiger partial charge on any atom is 0.191 e. The number of aromatic nitrogens is 1. The van der Waals surface area contributed by atoms with Crippen molar-refractivity contribution in [3.63, 3.8) is 0 Å². The fourth-order valence-electron chi connectivity index (χ4n) is 2.24. The summed E-state index contributed by atoms with van der Waals surface area (Å²) in [5.74, 6) is 1.72. The summed E-state index contributed by atoms with van der Waals surface area (Å²) in [4.78, 5) is 10.6. The van der Waals surface area contributed by atoms with Crippen molar-refractivity contribution in [2.24, 2.45) is 4.99 Å². The number of benzene rings is 1. The second-order valence-electron chi connectivity index (χ2n) is 5.65. The number of hydrogen-bond acceptors (Lipinski definition) is 3. The van der Waals surface area contributed by atoms with Crippen molar-refractivity contribution in [3.8, 4) is 0 Å². The molecule has 0 radical (unpaired) electrons. The van der Waals surface area contributed by atoms with Crippen LogP contribution in [0.1, 0.15) is 11.1 Å². The third-order valence-electron chi connectivity index (χ3n) is 3.55. The van der Waals surface area contributed by atoms with Crippen molar-refractivity contribution in [2.75, 3.05) is 32.6 Å². The van der Waals surface area contributed by atoms with Crippen LogP contribution in [0, 0.1) is 0 Å². The molecule has 6 heteroatoms. The molecule has 0 bridgehead atoms. The van der Waals surface area contributed by atoms with Gasteiger partial charge in [0.2, 0.25) is 0 Å². The van der Waals surface area contributed by atoms with E-state index in [0.717, 1.165) is 35.3 Å². The van der Waals surface area contributed by atoms with Crippen molar-refractivity contribution in [2.45, 2.75) is 13.0 Å². The van der Waals surface area contributed by atoms with Crippen molar-refractivity contribution in [1.82, 2.24) is 15.6 Å². The van der Waals surface area contributed by atoms with E-state index in [2.05, 4.69) is 32.7 Å². The van der Waals surface area contributed by atoms with Crippen LogP contribution in [0.5, 0.6) is 0 Å². The van der Waals surface area contributed by atoms with E-state index in [1.165, 1.54) is 5.56 Å². The average molecular weight is 346 g/mol. The Labute approximate surface area is 148 Å². The second kappa shape index (κ2) is 9.13. The number of pyridine rings is 1. The molecule has 0 saturated carbocycles. The molecule has 1 aromatic carbocycles. The van der Waals surface area contributed by atoms with Gasteiger partial charge in [-0.05, 0) is 41.8 Å². The molecule has 2 N–H and O–H groups in total. The topological polar surface area (TPSA) is 52.6 Å². The van der Waals surface area contributed by atoms with Gasteiger partial charge in [-0.1, -0.05) is 23.7 Å². The molecule has 0 amide bonds. The van der Waals surface area contributed by atoms with E-state index in [9.17, 15) is 0 Å². The van der Waals surface area contributed by atoms with Gasteiger partial charge in [-0.25, -0.2) is 4.98 Å². The number of aliphatic imine (C=N–C) groups is 1. The first-order chi connectivity index (χ1) is 11.6. The monoisotopic (exact) mass is 345 g/mol. The SMILES string of the molecule is CN=C(NCCc1cccc(Cl)c1)NCc1ccnc(N(C)C)c1. The Bertz CT molecular complexity index is 685. The Morgan fingerprint density at radius 2 is 2.00 bits per heavy atom. The third-order valence-corrected chi connectivity index (χ3v) is 3.78. The summed E-state index contributed by atoms with van der Waals surface area (Å²) < 4.78 is 0. The van der Waals surface area contributed by atoms with Crippen LogP contribution in [0.15, 0.2) is 47.6 Å². The maximum absolute atomic E-state index is 6.00. The highest BCUT2D eigenvalue weighted by molar-refractivity contribution is 6.30. The molecule has 0 aliphatic carbocycles. The summed E-state index contributed by atoms with van der Waals surface area (Å²) >= 11 is 6.00. The van der Waals surface area contributed by atoms with Gasteiger partial charge < -0.3 is 15.5 Å². The fraction of sp³-hybridized carbons (Fsp3) is 0.333. The predicted octanol–water partition coefficient (Wildman–Crippen LogP) is 2.71. The Morgan fingerprint density at radius 1 is 1.17 bits per heavy atom. The third kappa shape index (κ3) is 5.74. The lowest BCUT2D eigenvalue weighted by molar-refractivity contribution is 0.793. The molecule has 0 spiro atoms. The number of hydrogen-bond donors (Lipinski definition) is 2. The highest BCUT2D eigenvalue weighted by Crippen LogP contribution is 2.11. The van der Waals surface area contributed by atoms with Crippen LogP contribution < -0.4 is 15.5 Å². The van der Waals surface area contributed by atoms with E-state index in [-0.39, 0.29) is 0 Å². The molecular weight excluding hydrogens is 322 g/mol. The number of nitrogens with one attached hydrogen (secondary N) is 2. The van der Waals surface area contributed by atoms with E-state index in [0.29, 0.717) is 6.54 Å². The van der Waals surface area contributed by atoms with Gasteiger partial charge in [0.25, 0.3) is 0 Å². The molecular formula is C18H24ClN5. The highest BCUT2D eigenvalue weighted by Gasteiger charge is 2.02. The molecule has 1 aromatic heterocycles. The van der Waals surface area contributed by atoms with E-state index >= 15 is 0 Å². The summed E-state index contributed by atoms with van der Waals surface area (Å²) in [6, 6.07) is 12.0. The van der Waals surface area contributed by atoms with Crippen LogP contribution in [-0.4, -0.2) is 38.6 Å². The number of guanidine groups is 1. The van der Waals surface area contributed by atoms with Crippen LogP contribution in [0.3, 0.4) is 0 Å². The number of rotatable bonds is 6. The lowest BCUT2D eigenvalue weighted by Crippen LogP contribution is -2.37. The van der Waals surface area contributed by atoms with E-state index in [1.54, 1.807) is 7.05 Å². The second-order valence-corrected chi connectivity index (χ2v) is 6.09. The van der Waals surface area contributed by atoms with Crippen LogP contribution >= 0.6 is 11.6 Å². The van der Waals surface area contributed by atoms with E-state index < -0.39 is 0 Å². The zero-order valence-electron chi connectivity index (χ0n) is 14.4. The largest absolute Gasteiger partial charge is 0.363 e. The maximum atomic E-state index is 6.00. The molecule has 5 nitrogen and oxygen atoms in total. The highest BCUT2D eigenvalue weighted by atomic mass is 35.5. The molecule has 0 aliphatic heterocycles. The Balaban J connectivity index is 1.81. The molecule has 1 heterocycles. The predicted molar refractivity (Wildman–Crippen MR) is 102 cm³/mol. The van der Waals surface area contributed by atoms with Crippen LogP contribution in [0.4, 0.5) is 5.82 Å². The number of halogens is 1. The minimum atomic E-state index is 0.695. The van der Waals surface area contributed by atoms with Gasteiger partial charge in [0.1, 0.15) is 5.82 Å². The van der Waals surface area contributed by atoms with Crippen molar-refractivity contribution < 1.29 is 0 Å². The lowest BCUT2D eigenvalue weighted by Gasteiger charge is -2.14. The normalized spacial score (nSPS) is 11.2. The van der Waals surface area contributed by atoms with Gasteiger partial charge in [0.15, 0.2) is 5.96 Å². The molecule has 24 heavy (non-hydrogen) atoms. The van der Waals surface area contributed by atoms with E-state index in [4.69, 9.17) is 11.6 Å². The first kappa shape index (κ1) is 18.1. The molecule has 0 aliphatic rings. The summed E-state index contributed by atoms with van der Waals surface area (Å²) in [6.45, 7) is 1.49. The van der Waals surface area contributed by atoms with E-state index in [1.807, 2.05) is 49.5 Å². The zero-order chi connectivity index (χ0) is 17.4. The summed E-state index contributed by atoms with van der Waals surface area (Å²) in [5.41, 5.74) is 2.36. The van der Waals surface area contributed by atoms with Gasteiger partial charge in [-0.3, -0.25) is 4.99 Å². The van der Waals surface area contributed by atoms with Crippen molar-refractivity contribution in [1.29, 1.82) is 0 Å². The first-order valence-electron chi connectivity index (χ1n) is 7.89. The molecule has 0 fully saturated rings. The van der Waals surface area contributed by atoms with Crippen molar-refractivity contribution in [3.05, 3.63) is 58.7 Å². The molecule has 2 rings (SSSR count). The Morgan fingerprint density at radius 3 is 2.71 bits per heavy atom. The van der Waals surface area contributed by atoms with Gasteiger partial charge in [-0.2, -0.15) is 0 Å². The molecule has 0 atom stereocenters. The van der Waals surface area contributed by atoms with Crippen LogP contribution in [0.25, 0.3) is 0 Å². The molecule has 2 aromatic rings. The summed E-state index contributed by atoms with van der Waals surface area (Å²) in [6.07, 6.45) is 2.71. The number of anilines is 1. The van der Waals surface area contributed by atoms with Gasteiger partial charge >= 0.3 is 0 Å². The first-order valence-corrected chi connectivity index (χ1v) is 8.27. The molecule has 128 valence electrons. The summed E-state index contributed by atoms with van der Waals surface area (Å²) in [5, 5.41) is 7.40. The van der Waals surface area contributed by atoms with Gasteiger partial charge in [0, 0.05) is 45.5 Å².